The molecule has 1 saturated carbocycles. The van der Waals surface area contributed by atoms with Crippen LogP contribution in [-0.2, 0) is 4.74 Å². The van der Waals surface area contributed by atoms with Crippen molar-refractivity contribution in [3.63, 3.8) is 0 Å². The lowest BCUT2D eigenvalue weighted by atomic mass is 10.0. The molecular weight excluding hydrogens is 278 g/mol. The highest BCUT2D eigenvalue weighted by Gasteiger charge is 2.34. The second-order valence-electron chi connectivity index (χ2n) is 8.12. The molecule has 0 aromatic carbocycles. The van der Waals surface area contributed by atoms with Crippen molar-refractivity contribution >= 4 is 6.09 Å². The number of hydrogen-bond acceptors (Lipinski definition) is 4. The summed E-state index contributed by atoms with van der Waals surface area (Å²) in [6.45, 7) is 13.1. The highest BCUT2D eigenvalue weighted by molar-refractivity contribution is 5.68. The van der Waals surface area contributed by atoms with Crippen LogP contribution in [0.1, 0.15) is 53.9 Å². The maximum Gasteiger partial charge on any atom is 0.407 e. The fourth-order valence-corrected chi connectivity index (χ4v) is 2.93. The van der Waals surface area contributed by atoms with E-state index in [9.17, 15) is 4.79 Å². The minimum Gasteiger partial charge on any atom is -0.444 e. The summed E-state index contributed by atoms with van der Waals surface area (Å²) in [6.07, 6.45) is 3.65. The van der Waals surface area contributed by atoms with Crippen molar-refractivity contribution in [1.29, 1.82) is 0 Å². The summed E-state index contributed by atoms with van der Waals surface area (Å²) in [7, 11) is 0. The molecule has 2 unspecified atom stereocenters. The molecule has 1 aliphatic heterocycles. The molecule has 128 valence electrons. The Kier molecular flexibility index (Phi) is 5.72. The van der Waals surface area contributed by atoms with E-state index in [0.29, 0.717) is 12.0 Å². The molecule has 2 aliphatic rings. The van der Waals surface area contributed by atoms with Gasteiger partial charge in [0.25, 0.3) is 0 Å². The Labute approximate surface area is 135 Å². The van der Waals surface area contributed by atoms with Crippen molar-refractivity contribution in [3.8, 4) is 0 Å². The number of carbonyl (C=O) groups excluding carboxylic acids is 1. The van der Waals surface area contributed by atoms with E-state index in [-0.39, 0.29) is 12.1 Å². The van der Waals surface area contributed by atoms with Gasteiger partial charge in [-0.05, 0) is 46.0 Å². The first-order chi connectivity index (χ1) is 10.2. The molecule has 22 heavy (non-hydrogen) atoms. The lowest BCUT2D eigenvalue weighted by molar-refractivity contribution is 0.0489. The van der Waals surface area contributed by atoms with Gasteiger partial charge in [0.1, 0.15) is 5.60 Å². The van der Waals surface area contributed by atoms with Gasteiger partial charge >= 0.3 is 6.09 Å². The third kappa shape index (κ3) is 5.76. The van der Waals surface area contributed by atoms with Gasteiger partial charge in [0, 0.05) is 37.8 Å². The summed E-state index contributed by atoms with van der Waals surface area (Å²) in [6, 6.07) is 1.51. The van der Waals surface area contributed by atoms with Crippen molar-refractivity contribution < 1.29 is 9.53 Å². The standard InChI is InChI=1S/C17H33N3O2/c1-12(2)15(19-16(21)22-17(3,4)5)10-18-13-8-9-20(11-13)14-6-7-14/h12-15,18H,6-11H2,1-5H3,(H,19,21). The molecule has 1 aliphatic carbocycles. The largest absolute Gasteiger partial charge is 0.444 e. The van der Waals surface area contributed by atoms with Crippen LogP contribution >= 0.6 is 0 Å². The average Bonchev–Trinajstić information content (AvgIpc) is 3.12. The lowest BCUT2D eigenvalue weighted by Crippen LogP contribution is -2.49. The van der Waals surface area contributed by atoms with E-state index < -0.39 is 5.60 Å². The number of alkyl carbamates (subject to hydrolysis) is 1. The third-order valence-electron chi connectivity index (χ3n) is 4.42. The van der Waals surface area contributed by atoms with Crippen LogP contribution in [0.4, 0.5) is 4.79 Å². The van der Waals surface area contributed by atoms with Crippen LogP contribution in [0.2, 0.25) is 0 Å². The monoisotopic (exact) mass is 311 g/mol. The molecule has 2 rings (SSSR count). The van der Waals surface area contributed by atoms with Gasteiger partial charge in [-0.25, -0.2) is 4.79 Å². The van der Waals surface area contributed by atoms with Crippen molar-refractivity contribution in [1.82, 2.24) is 15.5 Å². The summed E-state index contributed by atoms with van der Waals surface area (Å²) in [5, 5.41) is 6.64. The van der Waals surface area contributed by atoms with Crippen molar-refractivity contribution in [2.24, 2.45) is 5.92 Å². The minimum absolute atomic E-state index is 0.102. The lowest BCUT2D eigenvalue weighted by Gasteiger charge is -2.27. The van der Waals surface area contributed by atoms with Crippen molar-refractivity contribution in [3.05, 3.63) is 0 Å². The van der Waals surface area contributed by atoms with Crippen LogP contribution < -0.4 is 10.6 Å². The van der Waals surface area contributed by atoms with Gasteiger partial charge in [0.2, 0.25) is 0 Å². The zero-order chi connectivity index (χ0) is 16.3. The van der Waals surface area contributed by atoms with Crippen LogP contribution in [0.5, 0.6) is 0 Å². The summed E-state index contributed by atoms with van der Waals surface area (Å²) < 4.78 is 5.36. The summed E-state index contributed by atoms with van der Waals surface area (Å²) in [4.78, 5) is 14.6. The fourth-order valence-electron chi connectivity index (χ4n) is 2.93. The van der Waals surface area contributed by atoms with Crippen LogP contribution in [0.25, 0.3) is 0 Å². The molecule has 0 bridgehead atoms. The summed E-state index contributed by atoms with van der Waals surface area (Å²) >= 11 is 0. The molecular formula is C17H33N3O2. The number of ether oxygens (including phenoxy) is 1. The first-order valence-electron chi connectivity index (χ1n) is 8.71. The predicted octanol–water partition coefficient (Wildman–Crippen LogP) is 2.36. The Bertz CT molecular complexity index is 375. The van der Waals surface area contributed by atoms with Gasteiger partial charge in [-0.15, -0.1) is 0 Å². The summed E-state index contributed by atoms with van der Waals surface area (Å²) in [5.74, 6) is 0.376. The molecule has 1 amide bonds. The molecule has 2 fully saturated rings. The van der Waals surface area contributed by atoms with Gasteiger partial charge in [-0.1, -0.05) is 13.8 Å². The molecule has 2 N–H and O–H groups in total. The number of nitrogens with zero attached hydrogens (tertiary/aromatic N) is 1. The van der Waals surface area contributed by atoms with E-state index in [1.54, 1.807) is 0 Å². The van der Waals surface area contributed by atoms with Gasteiger partial charge in [-0.3, -0.25) is 4.90 Å². The smallest absolute Gasteiger partial charge is 0.407 e. The fraction of sp³-hybridized carbons (Fsp3) is 0.941. The Morgan fingerprint density at radius 3 is 2.50 bits per heavy atom. The SMILES string of the molecule is CC(C)C(CNC1CCN(C2CC2)C1)NC(=O)OC(C)(C)C. The maximum atomic E-state index is 11.9. The van der Waals surface area contributed by atoms with Gasteiger partial charge in [0.15, 0.2) is 0 Å². The van der Waals surface area contributed by atoms with Crippen LogP contribution in [-0.4, -0.2) is 54.4 Å². The van der Waals surface area contributed by atoms with E-state index in [2.05, 4.69) is 29.4 Å². The first kappa shape index (κ1) is 17.5. The molecule has 1 saturated heterocycles. The highest BCUT2D eigenvalue weighted by Crippen LogP contribution is 2.29. The zero-order valence-corrected chi connectivity index (χ0v) is 14.8. The Balaban J connectivity index is 1.73. The average molecular weight is 311 g/mol. The van der Waals surface area contributed by atoms with Gasteiger partial charge in [-0.2, -0.15) is 0 Å². The number of amides is 1. The predicted molar refractivity (Wildman–Crippen MR) is 89.0 cm³/mol. The number of hydrogen-bond donors (Lipinski definition) is 2. The maximum absolute atomic E-state index is 11.9. The molecule has 0 spiro atoms. The number of likely N-dealkylation sites (tertiary alicyclic amines) is 1. The van der Waals surface area contributed by atoms with E-state index in [1.165, 1.54) is 25.8 Å². The van der Waals surface area contributed by atoms with Crippen LogP contribution in [0, 0.1) is 5.92 Å². The van der Waals surface area contributed by atoms with Crippen LogP contribution in [0.3, 0.4) is 0 Å². The quantitative estimate of drug-likeness (QED) is 0.791. The molecule has 2 atom stereocenters. The minimum atomic E-state index is -0.449. The topological polar surface area (TPSA) is 53.6 Å². The van der Waals surface area contributed by atoms with E-state index in [1.807, 2.05) is 20.8 Å². The van der Waals surface area contributed by atoms with Gasteiger partial charge < -0.3 is 15.4 Å². The van der Waals surface area contributed by atoms with Crippen molar-refractivity contribution in [2.45, 2.75) is 77.6 Å². The normalized spacial score (nSPS) is 24.5. The van der Waals surface area contributed by atoms with Crippen molar-refractivity contribution in [2.75, 3.05) is 19.6 Å². The van der Waals surface area contributed by atoms with E-state index in [0.717, 1.165) is 19.1 Å². The molecule has 5 heteroatoms. The second-order valence-corrected chi connectivity index (χ2v) is 8.12. The van der Waals surface area contributed by atoms with Crippen LogP contribution in [0.15, 0.2) is 0 Å². The highest BCUT2D eigenvalue weighted by atomic mass is 16.6. The Morgan fingerprint density at radius 1 is 1.27 bits per heavy atom. The van der Waals surface area contributed by atoms with E-state index in [4.69, 9.17) is 4.74 Å². The zero-order valence-electron chi connectivity index (χ0n) is 14.8. The number of rotatable bonds is 6. The number of carbonyl (C=O) groups is 1. The molecule has 0 radical (unpaired) electrons. The summed E-state index contributed by atoms with van der Waals surface area (Å²) in [5.41, 5.74) is -0.449. The Morgan fingerprint density at radius 2 is 1.95 bits per heavy atom. The molecule has 5 nitrogen and oxygen atoms in total. The molecule has 1 heterocycles. The third-order valence-corrected chi connectivity index (χ3v) is 4.42. The van der Waals surface area contributed by atoms with E-state index >= 15 is 0 Å². The number of nitrogens with one attached hydrogen (secondary N) is 2. The Hall–Kier alpha value is -0.810. The second kappa shape index (κ2) is 7.18. The molecule has 0 aromatic heterocycles. The molecule has 0 aromatic rings. The first-order valence-corrected chi connectivity index (χ1v) is 8.71. The van der Waals surface area contributed by atoms with Gasteiger partial charge in [0.05, 0.1) is 0 Å².